The van der Waals surface area contributed by atoms with Crippen LogP contribution in [0.1, 0.15) is 80.4 Å². The molecule has 8 aromatic rings. The molecule has 3 aliphatic carbocycles. The Bertz CT molecular complexity index is 2660. The molecule has 0 radical (unpaired) electrons. The molecule has 3 saturated carbocycles. The lowest BCUT2D eigenvalue weighted by atomic mass is 9.64. The fourth-order valence-electron chi connectivity index (χ4n) is 11.3. The minimum absolute atomic E-state index is 0.00535. The van der Waals surface area contributed by atoms with E-state index in [0.29, 0.717) is 11.8 Å². The zero-order chi connectivity index (χ0) is 38.5. The van der Waals surface area contributed by atoms with Crippen LogP contribution in [-0.4, -0.2) is 0 Å². The molecule has 3 heteroatoms. The van der Waals surface area contributed by atoms with Crippen molar-refractivity contribution in [2.75, 3.05) is 9.80 Å². The predicted octanol–water partition coefficient (Wildman–Crippen LogP) is 15.7. The molecule has 2 bridgehead atoms. The van der Waals surface area contributed by atoms with Crippen molar-refractivity contribution in [2.45, 2.75) is 69.1 Å². The van der Waals surface area contributed by atoms with Crippen LogP contribution in [0.5, 0.6) is 0 Å². The van der Waals surface area contributed by atoms with Crippen LogP contribution in [0, 0.1) is 11.8 Å². The first-order chi connectivity index (χ1) is 28.7. The molecule has 286 valence electrons. The van der Waals surface area contributed by atoms with Crippen molar-refractivity contribution < 1.29 is 4.42 Å². The molecule has 3 unspecified atom stereocenters. The molecule has 7 aromatic carbocycles. The van der Waals surface area contributed by atoms with E-state index in [0.717, 1.165) is 44.9 Å². The van der Waals surface area contributed by atoms with Crippen LogP contribution in [-0.2, 0) is 5.41 Å². The minimum atomic E-state index is 0.00535. The van der Waals surface area contributed by atoms with Gasteiger partial charge in [-0.15, -0.1) is 0 Å². The van der Waals surface area contributed by atoms with Crippen LogP contribution < -0.4 is 9.80 Å². The van der Waals surface area contributed by atoms with Crippen LogP contribution in [0.2, 0.25) is 0 Å². The fraction of sp³-hybridized carbons (Fsp3) is 0.236. The zero-order valence-electron chi connectivity index (χ0n) is 33.1. The number of anilines is 6. The number of hydrogen-bond donors (Lipinski definition) is 0. The van der Waals surface area contributed by atoms with E-state index in [-0.39, 0.29) is 5.41 Å². The van der Waals surface area contributed by atoms with Crippen molar-refractivity contribution in [1.29, 1.82) is 0 Å². The molecular weight excluding hydrogens is 705 g/mol. The second-order valence-electron chi connectivity index (χ2n) is 17.2. The van der Waals surface area contributed by atoms with Gasteiger partial charge in [0.15, 0.2) is 0 Å². The highest BCUT2D eigenvalue weighted by Crippen LogP contribution is 2.60. The van der Waals surface area contributed by atoms with Crippen molar-refractivity contribution in [2.24, 2.45) is 11.8 Å². The van der Waals surface area contributed by atoms with Gasteiger partial charge in [0.2, 0.25) is 0 Å². The molecule has 3 aliphatic rings. The Kier molecular flexibility index (Phi) is 8.91. The maximum Gasteiger partial charge on any atom is 0.135 e. The van der Waals surface area contributed by atoms with Gasteiger partial charge in [-0.1, -0.05) is 117 Å². The Labute approximate surface area is 342 Å². The highest BCUT2D eigenvalue weighted by molar-refractivity contribution is 6.06. The molecule has 1 aromatic heterocycles. The van der Waals surface area contributed by atoms with Gasteiger partial charge in [-0.25, -0.2) is 0 Å². The lowest BCUT2D eigenvalue weighted by Gasteiger charge is -2.40. The summed E-state index contributed by atoms with van der Waals surface area (Å²) in [6.07, 6.45) is 11.9. The van der Waals surface area contributed by atoms with E-state index in [1.165, 1.54) is 91.5 Å². The van der Waals surface area contributed by atoms with Crippen molar-refractivity contribution in [3.8, 4) is 0 Å². The van der Waals surface area contributed by atoms with E-state index in [4.69, 9.17) is 4.42 Å². The first-order valence-corrected chi connectivity index (χ1v) is 21.6. The Morgan fingerprint density at radius 2 is 0.948 bits per heavy atom. The molecule has 0 amide bonds. The van der Waals surface area contributed by atoms with Gasteiger partial charge in [0, 0.05) is 50.3 Å². The van der Waals surface area contributed by atoms with Gasteiger partial charge in [-0.2, -0.15) is 0 Å². The lowest BCUT2D eigenvalue weighted by Crippen LogP contribution is -2.34. The van der Waals surface area contributed by atoms with Crippen molar-refractivity contribution in [3.05, 3.63) is 193 Å². The van der Waals surface area contributed by atoms with Crippen LogP contribution in [0.3, 0.4) is 0 Å². The first-order valence-electron chi connectivity index (χ1n) is 21.6. The molecule has 0 N–H and O–H groups in total. The fourth-order valence-corrected chi connectivity index (χ4v) is 11.3. The topological polar surface area (TPSA) is 19.6 Å². The van der Waals surface area contributed by atoms with Crippen LogP contribution in [0.15, 0.2) is 180 Å². The summed E-state index contributed by atoms with van der Waals surface area (Å²) in [5, 5.41) is 2.28. The summed E-state index contributed by atoms with van der Waals surface area (Å²) in [6.45, 7) is 0. The first kappa shape index (κ1) is 35.1. The average molecular weight is 755 g/mol. The second kappa shape index (κ2) is 14.7. The van der Waals surface area contributed by atoms with E-state index in [2.05, 4.69) is 180 Å². The quantitative estimate of drug-likeness (QED) is 0.146. The number of fused-ring (bicyclic) bond motifs is 5. The molecule has 1 heterocycles. The van der Waals surface area contributed by atoms with E-state index in [1.807, 2.05) is 6.07 Å². The summed E-state index contributed by atoms with van der Waals surface area (Å²) in [5.74, 6) is 2.13. The minimum Gasteiger partial charge on any atom is -0.456 e. The number of hydrogen-bond acceptors (Lipinski definition) is 3. The lowest BCUT2D eigenvalue weighted by molar-refractivity contribution is 0.320. The van der Waals surface area contributed by atoms with E-state index < -0.39 is 0 Å². The van der Waals surface area contributed by atoms with Crippen LogP contribution >= 0.6 is 0 Å². The number of nitrogens with zero attached hydrogens (tertiary/aromatic N) is 2. The van der Waals surface area contributed by atoms with Gasteiger partial charge in [-0.3, -0.25) is 0 Å². The number of benzene rings is 7. The Morgan fingerprint density at radius 1 is 0.431 bits per heavy atom. The summed E-state index contributed by atoms with van der Waals surface area (Å²) in [5.41, 5.74) is 13.3. The van der Waals surface area contributed by atoms with Gasteiger partial charge in [0.1, 0.15) is 11.2 Å². The third kappa shape index (κ3) is 6.11. The normalized spacial score (nSPS) is 20.5. The molecule has 0 saturated heterocycles. The van der Waals surface area contributed by atoms with Crippen LogP contribution in [0.4, 0.5) is 34.1 Å². The van der Waals surface area contributed by atoms with Crippen molar-refractivity contribution in [3.63, 3.8) is 0 Å². The van der Waals surface area contributed by atoms with Gasteiger partial charge in [-0.05, 0) is 151 Å². The van der Waals surface area contributed by atoms with E-state index in [9.17, 15) is 0 Å². The smallest absolute Gasteiger partial charge is 0.135 e. The SMILES string of the molecule is c1ccc(N(c2ccc(C3CCCCC3)cc2)c2ccc(C3(c4ccc(N(c5ccccc5)c5ccc6oc7ccccc7c6c5)cc4)CC4CCC3C4)cc2)cc1. The Morgan fingerprint density at radius 3 is 1.53 bits per heavy atom. The average Bonchev–Trinajstić information content (AvgIpc) is 4.03. The van der Waals surface area contributed by atoms with Crippen molar-refractivity contribution >= 4 is 56.1 Å². The maximum atomic E-state index is 6.22. The third-order valence-corrected chi connectivity index (χ3v) is 14.0. The zero-order valence-corrected chi connectivity index (χ0v) is 33.1. The Hall–Kier alpha value is -6.06. The highest BCUT2D eigenvalue weighted by atomic mass is 16.3. The summed E-state index contributed by atoms with van der Waals surface area (Å²) in [6, 6.07) is 65.3. The van der Waals surface area contributed by atoms with Crippen LogP contribution in [0.25, 0.3) is 21.9 Å². The molecule has 3 atom stereocenters. The largest absolute Gasteiger partial charge is 0.456 e. The predicted molar refractivity (Wildman–Crippen MR) is 242 cm³/mol. The summed E-state index contributed by atoms with van der Waals surface area (Å²) < 4.78 is 6.22. The van der Waals surface area contributed by atoms with Gasteiger partial charge >= 0.3 is 0 Å². The molecule has 3 fully saturated rings. The number of furan rings is 1. The summed E-state index contributed by atoms with van der Waals surface area (Å²) in [4.78, 5) is 4.81. The number of para-hydroxylation sites is 3. The summed E-state index contributed by atoms with van der Waals surface area (Å²) >= 11 is 0. The van der Waals surface area contributed by atoms with E-state index in [1.54, 1.807) is 0 Å². The Balaban J connectivity index is 0.950. The molecule has 58 heavy (non-hydrogen) atoms. The second-order valence-corrected chi connectivity index (χ2v) is 17.2. The van der Waals surface area contributed by atoms with Gasteiger partial charge in [0.05, 0.1) is 0 Å². The third-order valence-electron chi connectivity index (χ3n) is 14.0. The summed E-state index contributed by atoms with van der Waals surface area (Å²) in [7, 11) is 0. The monoisotopic (exact) mass is 754 g/mol. The van der Waals surface area contributed by atoms with Gasteiger partial charge in [0.25, 0.3) is 0 Å². The maximum absolute atomic E-state index is 6.22. The molecule has 0 spiro atoms. The van der Waals surface area contributed by atoms with Gasteiger partial charge < -0.3 is 14.2 Å². The molecule has 0 aliphatic heterocycles. The standard InChI is InChI=1S/C55H50N2O/c1-4-12-40(13-5-1)41-21-28-47(29-22-41)56(45-14-6-2-7-15-45)48-30-24-42(25-31-48)55(38-39-20-23-44(55)36-39)43-26-32-49(33-27-43)57(46-16-8-3-9-17-46)50-34-35-54-52(37-50)51-18-10-11-19-53(51)58-54/h2-3,6-11,14-19,21-22,24-35,37,39-40,44H,1,4-5,12-13,20,23,36,38H2. The molecule has 3 nitrogen and oxygen atoms in total. The number of rotatable bonds is 9. The highest BCUT2D eigenvalue weighted by Gasteiger charge is 2.52. The molecule has 11 rings (SSSR count). The van der Waals surface area contributed by atoms with Crippen molar-refractivity contribution in [1.82, 2.24) is 0 Å². The molecular formula is C55H50N2O. The van der Waals surface area contributed by atoms with E-state index >= 15 is 0 Å².